The van der Waals surface area contributed by atoms with Crippen LogP contribution in [0, 0.1) is 5.92 Å². The molecule has 0 aliphatic heterocycles. The second-order valence-corrected chi connectivity index (χ2v) is 6.52. The van der Waals surface area contributed by atoms with E-state index in [1.165, 1.54) is 12.7 Å². The topological polar surface area (TPSA) is 29.5 Å². The monoisotopic (exact) mass is 319 g/mol. The number of hydrogen-bond acceptors (Lipinski definition) is 4. The van der Waals surface area contributed by atoms with E-state index in [-0.39, 0.29) is 17.9 Å². The summed E-state index contributed by atoms with van der Waals surface area (Å²) >= 11 is 5.12. The number of halogens is 1. The lowest BCUT2D eigenvalue weighted by atomic mass is 10.0. The highest BCUT2D eigenvalue weighted by molar-refractivity contribution is 9.11. The van der Waals surface area contributed by atoms with Crippen LogP contribution in [-0.4, -0.2) is 31.1 Å². The molecule has 3 nitrogen and oxygen atoms in total. The van der Waals surface area contributed by atoms with Crippen LogP contribution in [0.2, 0.25) is 0 Å². The maximum absolute atomic E-state index is 11.5. The van der Waals surface area contributed by atoms with Crippen LogP contribution in [0.1, 0.15) is 19.4 Å². The van der Waals surface area contributed by atoms with E-state index in [1.54, 1.807) is 11.3 Å². The average molecular weight is 320 g/mol. The Morgan fingerprint density at radius 2 is 2.24 bits per heavy atom. The first kappa shape index (κ1) is 14.7. The predicted molar refractivity (Wildman–Crippen MR) is 74.1 cm³/mol. The van der Waals surface area contributed by atoms with E-state index in [0.29, 0.717) is 0 Å². The van der Waals surface area contributed by atoms with Gasteiger partial charge in [-0.05, 0) is 46.9 Å². The van der Waals surface area contributed by atoms with Gasteiger partial charge in [0.25, 0.3) is 0 Å². The number of methoxy groups -OCH3 is 1. The first-order chi connectivity index (χ1) is 7.95. The predicted octanol–water partition coefficient (Wildman–Crippen LogP) is 3.14. The van der Waals surface area contributed by atoms with E-state index in [4.69, 9.17) is 4.74 Å². The van der Waals surface area contributed by atoms with Crippen LogP contribution >= 0.6 is 27.3 Å². The molecule has 5 heteroatoms. The molecule has 0 spiro atoms. The van der Waals surface area contributed by atoms with Crippen LogP contribution in [0.4, 0.5) is 0 Å². The van der Waals surface area contributed by atoms with Crippen LogP contribution in [0.15, 0.2) is 15.2 Å². The summed E-state index contributed by atoms with van der Waals surface area (Å²) in [6.45, 7) is 4.78. The molecular weight excluding hydrogens is 302 g/mol. The summed E-state index contributed by atoms with van der Waals surface area (Å²) in [6, 6.07) is 2.26. The average Bonchev–Trinajstić information content (AvgIpc) is 2.71. The summed E-state index contributed by atoms with van der Waals surface area (Å²) in [4.78, 5) is 13.6. The molecule has 0 N–H and O–H groups in total. The molecule has 0 saturated heterocycles. The number of thiophene rings is 1. The Balaban J connectivity index is 2.57. The largest absolute Gasteiger partial charge is 0.469 e. The van der Waals surface area contributed by atoms with Crippen LogP contribution < -0.4 is 0 Å². The van der Waals surface area contributed by atoms with Gasteiger partial charge in [0.15, 0.2) is 0 Å². The quantitative estimate of drug-likeness (QED) is 0.781. The molecule has 1 aromatic heterocycles. The van der Waals surface area contributed by atoms with E-state index in [1.807, 2.05) is 20.9 Å². The molecule has 0 bridgehead atoms. The smallest absolute Gasteiger partial charge is 0.309 e. The third-order valence-corrected chi connectivity index (χ3v) is 4.60. The lowest BCUT2D eigenvalue weighted by molar-refractivity contribution is -0.146. The van der Waals surface area contributed by atoms with Gasteiger partial charge in [0.1, 0.15) is 0 Å². The second kappa shape index (κ2) is 6.52. The summed E-state index contributed by atoms with van der Waals surface area (Å²) < 4.78 is 5.90. The first-order valence-electron chi connectivity index (χ1n) is 5.46. The number of ether oxygens (including phenoxy) is 1. The van der Waals surface area contributed by atoms with Crippen molar-refractivity contribution in [1.82, 2.24) is 4.90 Å². The highest BCUT2D eigenvalue weighted by Crippen LogP contribution is 2.22. The minimum atomic E-state index is -0.157. The van der Waals surface area contributed by atoms with Crippen molar-refractivity contribution in [2.75, 3.05) is 14.2 Å². The fourth-order valence-corrected chi connectivity index (χ4v) is 2.83. The van der Waals surface area contributed by atoms with Gasteiger partial charge in [0.05, 0.1) is 16.8 Å². The van der Waals surface area contributed by atoms with E-state index < -0.39 is 0 Å². The number of nitrogens with zero attached hydrogens (tertiary/aromatic N) is 1. The van der Waals surface area contributed by atoms with Crippen molar-refractivity contribution in [2.45, 2.75) is 26.4 Å². The van der Waals surface area contributed by atoms with Gasteiger partial charge in [-0.1, -0.05) is 6.92 Å². The van der Waals surface area contributed by atoms with Crippen molar-refractivity contribution in [3.05, 3.63) is 20.8 Å². The number of rotatable bonds is 5. The van der Waals surface area contributed by atoms with E-state index >= 15 is 0 Å². The zero-order valence-corrected chi connectivity index (χ0v) is 13.0. The minimum Gasteiger partial charge on any atom is -0.469 e. The molecular formula is C12H18BrNO2S. The number of carbonyl (C=O) groups excluding carboxylic acids is 1. The van der Waals surface area contributed by atoms with Gasteiger partial charge < -0.3 is 4.74 Å². The molecule has 96 valence electrons. The fraction of sp³-hybridized carbons (Fsp3) is 0.583. The van der Waals surface area contributed by atoms with Gasteiger partial charge in [-0.2, -0.15) is 0 Å². The molecule has 0 aliphatic rings. The molecule has 1 aromatic rings. The molecule has 17 heavy (non-hydrogen) atoms. The Labute approximate surface area is 115 Å². The van der Waals surface area contributed by atoms with Gasteiger partial charge in [-0.3, -0.25) is 9.69 Å². The Morgan fingerprint density at radius 1 is 1.59 bits per heavy atom. The number of carbonyl (C=O) groups is 1. The molecule has 1 heterocycles. The summed E-state index contributed by atoms with van der Waals surface area (Å²) in [6.07, 6.45) is 0. The highest BCUT2D eigenvalue weighted by atomic mass is 79.9. The number of esters is 1. The third kappa shape index (κ3) is 4.08. The number of hydrogen-bond donors (Lipinski definition) is 0. The van der Waals surface area contributed by atoms with Crippen molar-refractivity contribution < 1.29 is 9.53 Å². The van der Waals surface area contributed by atoms with E-state index in [2.05, 4.69) is 32.3 Å². The van der Waals surface area contributed by atoms with Crippen molar-refractivity contribution in [2.24, 2.45) is 5.92 Å². The molecule has 0 aliphatic carbocycles. The Bertz CT molecular complexity index is 380. The first-order valence-corrected chi connectivity index (χ1v) is 7.14. The maximum Gasteiger partial charge on any atom is 0.309 e. The minimum absolute atomic E-state index is 0.118. The fourth-order valence-electron chi connectivity index (χ4n) is 1.63. The van der Waals surface area contributed by atoms with E-state index in [0.717, 1.165) is 10.3 Å². The van der Waals surface area contributed by atoms with Gasteiger partial charge in [-0.25, -0.2) is 0 Å². The van der Waals surface area contributed by atoms with Crippen molar-refractivity contribution in [1.29, 1.82) is 0 Å². The highest BCUT2D eigenvalue weighted by Gasteiger charge is 2.24. The molecule has 2 unspecified atom stereocenters. The zero-order chi connectivity index (χ0) is 13.0. The third-order valence-electron chi connectivity index (χ3n) is 3.05. The molecule has 0 saturated carbocycles. The normalized spacial score (nSPS) is 14.7. The summed E-state index contributed by atoms with van der Waals surface area (Å²) in [7, 11) is 3.46. The van der Waals surface area contributed by atoms with Gasteiger partial charge >= 0.3 is 5.97 Å². The second-order valence-electron chi connectivity index (χ2n) is 4.23. The maximum atomic E-state index is 11.5. The molecule has 0 aromatic carbocycles. The SMILES string of the molecule is COC(=O)C(C)C(C)N(C)Cc1csc(Br)c1. The molecule has 0 radical (unpaired) electrons. The van der Waals surface area contributed by atoms with Gasteiger partial charge in [0, 0.05) is 12.6 Å². The summed E-state index contributed by atoms with van der Waals surface area (Å²) in [5.41, 5.74) is 1.26. The van der Waals surface area contributed by atoms with Gasteiger partial charge in [-0.15, -0.1) is 11.3 Å². The Morgan fingerprint density at radius 3 is 2.71 bits per heavy atom. The summed E-state index contributed by atoms with van der Waals surface area (Å²) in [5.74, 6) is -0.275. The zero-order valence-electron chi connectivity index (χ0n) is 10.6. The molecule has 0 amide bonds. The standard InChI is InChI=1S/C12H18BrNO2S/c1-8(12(15)16-4)9(2)14(3)6-10-5-11(13)17-7-10/h5,7-9H,6H2,1-4H3. The Kier molecular flexibility index (Phi) is 5.62. The summed E-state index contributed by atoms with van der Waals surface area (Å²) in [5, 5.41) is 2.12. The van der Waals surface area contributed by atoms with Crippen LogP contribution in [0.3, 0.4) is 0 Å². The van der Waals surface area contributed by atoms with Crippen LogP contribution in [0.5, 0.6) is 0 Å². The van der Waals surface area contributed by atoms with Crippen molar-refractivity contribution >= 4 is 33.2 Å². The molecule has 0 fully saturated rings. The van der Waals surface area contributed by atoms with Crippen LogP contribution in [0.25, 0.3) is 0 Å². The lowest BCUT2D eigenvalue weighted by Gasteiger charge is -2.28. The van der Waals surface area contributed by atoms with Crippen molar-refractivity contribution in [3.8, 4) is 0 Å². The van der Waals surface area contributed by atoms with Crippen molar-refractivity contribution in [3.63, 3.8) is 0 Å². The molecule has 1 rings (SSSR count). The van der Waals surface area contributed by atoms with E-state index in [9.17, 15) is 4.79 Å². The van der Waals surface area contributed by atoms with Crippen LogP contribution in [-0.2, 0) is 16.1 Å². The Hall–Kier alpha value is -0.390. The molecule has 2 atom stereocenters. The lowest BCUT2D eigenvalue weighted by Crippen LogP contribution is -2.37. The van der Waals surface area contributed by atoms with Gasteiger partial charge in [0.2, 0.25) is 0 Å².